The molecule has 0 saturated heterocycles. The second-order valence-corrected chi connectivity index (χ2v) is 6.68. The van der Waals surface area contributed by atoms with Crippen molar-refractivity contribution in [2.75, 3.05) is 13.7 Å². The van der Waals surface area contributed by atoms with Gasteiger partial charge in [-0.15, -0.1) is 0 Å². The first kappa shape index (κ1) is 20.0. The number of halogens is 3. The highest BCUT2D eigenvalue weighted by Gasteiger charge is 2.33. The predicted molar refractivity (Wildman–Crippen MR) is 92.1 cm³/mol. The van der Waals surface area contributed by atoms with Crippen molar-refractivity contribution in [3.63, 3.8) is 0 Å². The molecule has 0 aliphatic carbocycles. The van der Waals surface area contributed by atoms with E-state index in [1.54, 1.807) is 14.0 Å². The molecule has 1 amide bonds. The number of alkyl halides is 3. The molecule has 9 heteroatoms. The molecule has 0 spiro atoms. The van der Waals surface area contributed by atoms with Gasteiger partial charge in [0, 0.05) is 12.7 Å². The first-order valence-corrected chi connectivity index (χ1v) is 8.65. The fourth-order valence-corrected chi connectivity index (χ4v) is 2.81. The molecule has 2 rings (SSSR count). The molecule has 0 fully saturated rings. The second-order valence-electron chi connectivity index (χ2n) is 5.37. The molecule has 1 heterocycles. The van der Waals surface area contributed by atoms with Crippen LogP contribution < -0.4 is 10.1 Å². The Morgan fingerprint density at radius 1 is 1.27 bits per heavy atom. The van der Waals surface area contributed by atoms with Crippen molar-refractivity contribution in [2.24, 2.45) is 0 Å². The monoisotopic (exact) mass is 385 g/mol. The molecular weight excluding hydrogens is 367 g/mol. The van der Waals surface area contributed by atoms with Crippen LogP contribution in [-0.4, -0.2) is 34.8 Å². The number of nitrogens with zero attached hydrogens (tertiary/aromatic N) is 2. The zero-order chi connectivity index (χ0) is 19.2. The number of hydrogen-bond acceptors (Lipinski definition) is 5. The summed E-state index contributed by atoms with van der Waals surface area (Å²) in [7, 11) is 1.59. The van der Waals surface area contributed by atoms with Crippen molar-refractivity contribution in [3.05, 3.63) is 47.8 Å². The summed E-state index contributed by atoms with van der Waals surface area (Å²) in [6.07, 6.45) is -2.87. The van der Waals surface area contributed by atoms with Crippen molar-refractivity contribution in [2.45, 2.75) is 29.9 Å². The van der Waals surface area contributed by atoms with E-state index in [1.165, 1.54) is 0 Å². The smallest absolute Gasteiger partial charge is 0.433 e. The van der Waals surface area contributed by atoms with Crippen LogP contribution in [0.3, 0.4) is 0 Å². The minimum atomic E-state index is -4.54. The van der Waals surface area contributed by atoms with Crippen LogP contribution in [0.1, 0.15) is 18.2 Å². The molecule has 26 heavy (non-hydrogen) atoms. The van der Waals surface area contributed by atoms with Gasteiger partial charge in [0.2, 0.25) is 5.91 Å². The maximum Gasteiger partial charge on any atom is 0.433 e. The Balaban J connectivity index is 1.83. The molecule has 1 atom stereocenters. The summed E-state index contributed by atoms with van der Waals surface area (Å²) in [5.74, 6) is 0.466. The summed E-state index contributed by atoms with van der Waals surface area (Å²) in [4.78, 5) is 19.3. The number of hydrogen-bond donors (Lipinski definition) is 1. The molecule has 5 nitrogen and oxygen atoms in total. The van der Waals surface area contributed by atoms with Gasteiger partial charge < -0.3 is 10.1 Å². The van der Waals surface area contributed by atoms with Crippen molar-refractivity contribution in [3.8, 4) is 5.75 Å². The van der Waals surface area contributed by atoms with Crippen LogP contribution in [0.15, 0.2) is 41.7 Å². The Hall–Kier alpha value is -2.29. The molecule has 0 bridgehead atoms. The minimum absolute atomic E-state index is 0.0855. The van der Waals surface area contributed by atoms with Crippen LogP contribution >= 0.6 is 11.8 Å². The van der Waals surface area contributed by atoms with Crippen LogP contribution in [0.5, 0.6) is 5.75 Å². The third-order valence-corrected chi connectivity index (χ3v) is 4.42. The number of benzene rings is 1. The number of nitrogens with one attached hydrogen (secondary N) is 1. The van der Waals surface area contributed by atoms with E-state index in [1.807, 2.05) is 24.3 Å². The SMILES string of the molecule is COc1ccc(CCNC(=O)C(C)Sc2nccc(C(F)(F)F)n2)cc1. The number of carbonyl (C=O) groups excluding carboxylic acids is 1. The maximum absolute atomic E-state index is 12.7. The highest BCUT2D eigenvalue weighted by molar-refractivity contribution is 8.00. The average molecular weight is 385 g/mol. The zero-order valence-corrected chi connectivity index (χ0v) is 15.0. The Morgan fingerprint density at radius 3 is 2.58 bits per heavy atom. The number of amides is 1. The Bertz CT molecular complexity index is 739. The van der Waals surface area contributed by atoms with Gasteiger partial charge in [0.1, 0.15) is 11.4 Å². The third kappa shape index (κ3) is 5.91. The third-order valence-electron chi connectivity index (χ3n) is 3.45. The molecule has 0 saturated carbocycles. The first-order valence-electron chi connectivity index (χ1n) is 7.77. The fraction of sp³-hybridized carbons (Fsp3) is 0.353. The van der Waals surface area contributed by atoms with Crippen LogP contribution in [0.2, 0.25) is 0 Å². The number of methoxy groups -OCH3 is 1. The Labute approximate surface area is 153 Å². The summed E-state index contributed by atoms with van der Waals surface area (Å²) >= 11 is 0.882. The van der Waals surface area contributed by atoms with Crippen LogP contribution in [0.25, 0.3) is 0 Å². The van der Waals surface area contributed by atoms with Crippen LogP contribution in [0, 0.1) is 0 Å². The van der Waals surface area contributed by atoms with E-state index in [4.69, 9.17) is 4.74 Å². The number of rotatable bonds is 7. The van der Waals surface area contributed by atoms with E-state index in [0.29, 0.717) is 13.0 Å². The van der Waals surface area contributed by atoms with Gasteiger partial charge in [-0.1, -0.05) is 23.9 Å². The summed E-state index contributed by atoms with van der Waals surface area (Å²) < 4.78 is 43.0. The number of thioether (sulfide) groups is 1. The Kier molecular flexibility index (Phi) is 6.84. The second kappa shape index (κ2) is 8.88. The molecule has 1 unspecified atom stereocenters. The van der Waals surface area contributed by atoms with Crippen LogP contribution in [0.4, 0.5) is 13.2 Å². The highest BCUT2D eigenvalue weighted by Crippen LogP contribution is 2.29. The summed E-state index contributed by atoms with van der Waals surface area (Å²) in [5.41, 5.74) is 0.00901. The van der Waals surface area contributed by atoms with Gasteiger partial charge >= 0.3 is 6.18 Å². The molecule has 0 aliphatic heterocycles. The summed E-state index contributed by atoms with van der Waals surface area (Å²) in [6.45, 7) is 2.01. The van der Waals surface area contributed by atoms with Gasteiger partial charge in [-0.05, 0) is 37.1 Å². The molecule has 140 valence electrons. The largest absolute Gasteiger partial charge is 0.497 e. The standard InChI is InChI=1S/C17H18F3N3O2S/c1-11(26-16-22-10-8-14(23-16)17(18,19)20)15(24)21-9-7-12-3-5-13(25-2)6-4-12/h3-6,8,10-11H,7,9H2,1-2H3,(H,21,24). The van der Waals surface area contributed by atoms with Gasteiger partial charge in [0.05, 0.1) is 12.4 Å². The van der Waals surface area contributed by atoms with Crippen molar-refractivity contribution in [1.82, 2.24) is 15.3 Å². The molecular formula is C17H18F3N3O2S. The van der Waals surface area contributed by atoms with Gasteiger partial charge in [-0.2, -0.15) is 13.2 Å². The van der Waals surface area contributed by atoms with E-state index >= 15 is 0 Å². The molecule has 1 N–H and O–H groups in total. The average Bonchev–Trinajstić information content (AvgIpc) is 2.61. The maximum atomic E-state index is 12.7. The molecule has 1 aromatic carbocycles. The lowest BCUT2D eigenvalue weighted by molar-refractivity contribution is -0.141. The summed E-state index contributed by atoms with van der Waals surface area (Å²) in [6, 6.07) is 8.27. The van der Waals surface area contributed by atoms with E-state index in [-0.39, 0.29) is 11.1 Å². The molecule has 0 aliphatic rings. The summed E-state index contributed by atoms with van der Waals surface area (Å²) in [5, 5.41) is 2.05. The lowest BCUT2D eigenvalue weighted by Gasteiger charge is -2.12. The topological polar surface area (TPSA) is 64.1 Å². The number of ether oxygens (including phenoxy) is 1. The van der Waals surface area contributed by atoms with Gasteiger partial charge in [-0.3, -0.25) is 4.79 Å². The zero-order valence-electron chi connectivity index (χ0n) is 14.2. The van der Waals surface area contributed by atoms with E-state index in [0.717, 1.165) is 35.3 Å². The lowest BCUT2D eigenvalue weighted by Crippen LogP contribution is -2.32. The number of carbonyl (C=O) groups is 1. The van der Waals surface area contributed by atoms with Gasteiger partial charge in [0.15, 0.2) is 5.16 Å². The van der Waals surface area contributed by atoms with Gasteiger partial charge in [0.25, 0.3) is 0 Å². The molecule has 2 aromatic rings. The van der Waals surface area contributed by atoms with Crippen molar-refractivity contribution >= 4 is 17.7 Å². The Morgan fingerprint density at radius 2 is 1.96 bits per heavy atom. The molecule has 1 aromatic heterocycles. The van der Waals surface area contributed by atoms with Crippen LogP contribution in [-0.2, 0) is 17.4 Å². The number of aromatic nitrogens is 2. The minimum Gasteiger partial charge on any atom is -0.497 e. The first-order chi connectivity index (χ1) is 12.3. The quantitative estimate of drug-likeness (QED) is 0.585. The fourth-order valence-electron chi connectivity index (χ4n) is 2.03. The lowest BCUT2D eigenvalue weighted by atomic mass is 10.1. The predicted octanol–water partition coefficient (Wildman–Crippen LogP) is 3.34. The molecule has 0 radical (unpaired) electrons. The van der Waals surface area contributed by atoms with E-state index < -0.39 is 17.1 Å². The van der Waals surface area contributed by atoms with E-state index in [9.17, 15) is 18.0 Å². The van der Waals surface area contributed by atoms with Gasteiger partial charge in [-0.25, -0.2) is 9.97 Å². The van der Waals surface area contributed by atoms with Crippen molar-refractivity contribution < 1.29 is 22.7 Å². The van der Waals surface area contributed by atoms with Crippen molar-refractivity contribution in [1.29, 1.82) is 0 Å². The normalized spacial score (nSPS) is 12.5. The highest BCUT2D eigenvalue weighted by atomic mass is 32.2. The van der Waals surface area contributed by atoms with E-state index in [2.05, 4.69) is 15.3 Å².